The lowest BCUT2D eigenvalue weighted by Gasteiger charge is -2.12. The highest BCUT2D eigenvalue weighted by molar-refractivity contribution is 7.07. The predicted molar refractivity (Wildman–Crippen MR) is 88.3 cm³/mol. The smallest absolute Gasteiger partial charge is 0.307 e. The van der Waals surface area contributed by atoms with Gasteiger partial charge in [-0.25, -0.2) is 9.67 Å². The first-order chi connectivity index (χ1) is 11.0. The van der Waals surface area contributed by atoms with Gasteiger partial charge < -0.3 is 5.32 Å². The minimum atomic E-state index is -0.322. The summed E-state index contributed by atoms with van der Waals surface area (Å²) in [6.07, 6.45) is 2.92. The van der Waals surface area contributed by atoms with Gasteiger partial charge in [-0.1, -0.05) is 22.9 Å². The number of amides is 1. The summed E-state index contributed by atoms with van der Waals surface area (Å²) in [6, 6.07) is 5.05. The first kappa shape index (κ1) is 15.4. The molecular weight excluding hydrogens is 338 g/mol. The van der Waals surface area contributed by atoms with E-state index in [0.29, 0.717) is 16.4 Å². The lowest BCUT2D eigenvalue weighted by atomic mass is 10.2. The van der Waals surface area contributed by atoms with Crippen LogP contribution in [0.5, 0.6) is 0 Å². The van der Waals surface area contributed by atoms with Crippen LogP contribution in [0.1, 0.15) is 5.69 Å². The SMILES string of the molecule is Cc1csc(=O)n1CC(=O)Nc1cc(Cl)ccc1-n1cncn1. The Balaban J connectivity index is 1.86. The van der Waals surface area contributed by atoms with Crippen LogP contribution in [-0.2, 0) is 11.3 Å². The second-order valence-corrected chi connectivity index (χ2v) is 6.04. The van der Waals surface area contributed by atoms with Gasteiger partial charge in [-0.15, -0.1) is 0 Å². The molecule has 0 atom stereocenters. The molecule has 1 N–H and O–H groups in total. The summed E-state index contributed by atoms with van der Waals surface area (Å²) < 4.78 is 2.94. The number of halogens is 1. The first-order valence-corrected chi connectivity index (χ1v) is 7.89. The minimum Gasteiger partial charge on any atom is -0.323 e. The summed E-state index contributed by atoms with van der Waals surface area (Å²) in [6.45, 7) is 1.73. The number of hydrogen-bond acceptors (Lipinski definition) is 5. The van der Waals surface area contributed by atoms with Crippen LogP contribution >= 0.6 is 22.9 Å². The molecule has 9 heteroatoms. The number of aromatic nitrogens is 4. The quantitative estimate of drug-likeness (QED) is 0.782. The Morgan fingerprint density at radius 1 is 1.43 bits per heavy atom. The van der Waals surface area contributed by atoms with E-state index in [1.807, 2.05) is 0 Å². The van der Waals surface area contributed by atoms with Crippen LogP contribution in [0, 0.1) is 6.92 Å². The number of benzene rings is 1. The van der Waals surface area contributed by atoms with E-state index in [-0.39, 0.29) is 17.3 Å². The number of carbonyl (C=O) groups is 1. The summed E-state index contributed by atoms with van der Waals surface area (Å²) in [7, 11) is 0. The number of nitrogens with one attached hydrogen (secondary N) is 1. The van der Waals surface area contributed by atoms with Crippen molar-refractivity contribution >= 4 is 34.5 Å². The molecule has 23 heavy (non-hydrogen) atoms. The van der Waals surface area contributed by atoms with Gasteiger partial charge in [0.15, 0.2) is 0 Å². The predicted octanol–water partition coefficient (Wildman–Crippen LogP) is 2.09. The zero-order valence-electron chi connectivity index (χ0n) is 12.1. The summed E-state index contributed by atoms with van der Waals surface area (Å²) in [5.74, 6) is -0.322. The van der Waals surface area contributed by atoms with E-state index < -0.39 is 0 Å². The average Bonchev–Trinajstić information content (AvgIpc) is 3.13. The van der Waals surface area contributed by atoms with Crippen molar-refractivity contribution in [2.45, 2.75) is 13.5 Å². The maximum Gasteiger partial charge on any atom is 0.307 e. The molecule has 0 saturated heterocycles. The number of anilines is 1. The zero-order valence-corrected chi connectivity index (χ0v) is 13.6. The molecule has 0 unspecified atom stereocenters. The van der Waals surface area contributed by atoms with Gasteiger partial charge in [0, 0.05) is 16.1 Å². The highest BCUT2D eigenvalue weighted by Gasteiger charge is 2.12. The van der Waals surface area contributed by atoms with Crippen molar-refractivity contribution in [2.75, 3.05) is 5.32 Å². The van der Waals surface area contributed by atoms with E-state index in [1.54, 1.807) is 30.5 Å². The van der Waals surface area contributed by atoms with Crippen LogP contribution in [-0.4, -0.2) is 25.2 Å². The van der Waals surface area contributed by atoms with E-state index in [2.05, 4.69) is 15.4 Å². The molecular formula is C14H12ClN5O2S. The number of nitrogens with zero attached hydrogens (tertiary/aromatic N) is 4. The van der Waals surface area contributed by atoms with Crippen LogP contribution in [0.15, 0.2) is 41.0 Å². The Kier molecular flexibility index (Phi) is 4.26. The third-order valence-corrected chi connectivity index (χ3v) is 4.29. The van der Waals surface area contributed by atoms with Gasteiger partial charge in [-0.05, 0) is 25.1 Å². The molecule has 7 nitrogen and oxygen atoms in total. The zero-order chi connectivity index (χ0) is 16.4. The molecule has 3 aromatic rings. The lowest BCUT2D eigenvalue weighted by Crippen LogP contribution is -2.25. The van der Waals surface area contributed by atoms with Gasteiger partial charge >= 0.3 is 4.87 Å². The molecule has 0 radical (unpaired) electrons. The largest absolute Gasteiger partial charge is 0.323 e. The first-order valence-electron chi connectivity index (χ1n) is 6.64. The second kappa shape index (κ2) is 6.35. The van der Waals surface area contributed by atoms with Crippen LogP contribution in [0.3, 0.4) is 0 Å². The standard InChI is InChI=1S/C14H12ClN5O2S/c1-9-6-23-14(22)19(9)5-13(21)18-11-4-10(15)2-3-12(11)20-8-16-7-17-20/h2-4,6-8H,5H2,1H3,(H,18,21). The molecule has 3 rings (SSSR count). The maximum absolute atomic E-state index is 12.3. The van der Waals surface area contributed by atoms with Crippen molar-refractivity contribution in [3.63, 3.8) is 0 Å². The summed E-state index contributed by atoms with van der Waals surface area (Å²) in [5.41, 5.74) is 1.88. The van der Waals surface area contributed by atoms with Gasteiger partial charge in [0.2, 0.25) is 5.91 Å². The lowest BCUT2D eigenvalue weighted by molar-refractivity contribution is -0.116. The monoisotopic (exact) mass is 349 g/mol. The molecule has 2 heterocycles. The van der Waals surface area contributed by atoms with Crippen LogP contribution in [0.2, 0.25) is 5.02 Å². The van der Waals surface area contributed by atoms with Gasteiger partial charge in [-0.3, -0.25) is 14.2 Å². The number of carbonyl (C=O) groups excluding carboxylic acids is 1. The molecule has 0 aliphatic rings. The average molecular weight is 350 g/mol. The molecule has 118 valence electrons. The summed E-state index contributed by atoms with van der Waals surface area (Å²) in [5, 5.41) is 9.01. The fourth-order valence-corrected chi connectivity index (χ4v) is 2.98. The van der Waals surface area contributed by atoms with Gasteiger partial charge in [-0.2, -0.15) is 5.10 Å². The fraction of sp³-hybridized carbons (Fsp3) is 0.143. The third kappa shape index (κ3) is 3.33. The van der Waals surface area contributed by atoms with E-state index in [4.69, 9.17) is 11.6 Å². The minimum absolute atomic E-state index is 0.0581. The number of thiazole rings is 1. The topological polar surface area (TPSA) is 81.8 Å². The molecule has 0 aliphatic carbocycles. The van der Waals surface area contributed by atoms with E-state index in [9.17, 15) is 9.59 Å². The van der Waals surface area contributed by atoms with E-state index in [0.717, 1.165) is 17.0 Å². The Bertz CT molecular complexity index is 900. The van der Waals surface area contributed by atoms with Crippen LogP contribution < -0.4 is 10.2 Å². The van der Waals surface area contributed by atoms with Gasteiger partial charge in [0.05, 0.1) is 11.4 Å². The Morgan fingerprint density at radius 3 is 2.91 bits per heavy atom. The van der Waals surface area contributed by atoms with Crippen molar-refractivity contribution in [3.05, 3.63) is 56.6 Å². The molecule has 1 aromatic carbocycles. The number of rotatable bonds is 4. The van der Waals surface area contributed by atoms with Crippen molar-refractivity contribution < 1.29 is 4.79 Å². The van der Waals surface area contributed by atoms with E-state index >= 15 is 0 Å². The highest BCUT2D eigenvalue weighted by atomic mass is 35.5. The normalized spacial score (nSPS) is 10.7. The Labute approximate surface area is 140 Å². The molecule has 0 fully saturated rings. The number of hydrogen-bond donors (Lipinski definition) is 1. The Hall–Kier alpha value is -2.45. The molecule has 0 aliphatic heterocycles. The van der Waals surface area contributed by atoms with Gasteiger partial charge in [0.1, 0.15) is 19.2 Å². The van der Waals surface area contributed by atoms with Crippen molar-refractivity contribution in [2.24, 2.45) is 0 Å². The number of aryl methyl sites for hydroxylation is 1. The van der Waals surface area contributed by atoms with Crippen molar-refractivity contribution in [3.8, 4) is 5.69 Å². The molecule has 0 spiro atoms. The van der Waals surface area contributed by atoms with Crippen LogP contribution in [0.4, 0.5) is 5.69 Å². The molecule has 1 amide bonds. The van der Waals surface area contributed by atoms with Gasteiger partial charge in [0.25, 0.3) is 0 Å². The summed E-state index contributed by atoms with van der Waals surface area (Å²) >= 11 is 7.07. The fourth-order valence-electron chi connectivity index (χ4n) is 2.07. The van der Waals surface area contributed by atoms with Crippen molar-refractivity contribution in [1.82, 2.24) is 19.3 Å². The second-order valence-electron chi connectivity index (χ2n) is 4.78. The van der Waals surface area contributed by atoms with Crippen LogP contribution in [0.25, 0.3) is 5.69 Å². The molecule has 2 aromatic heterocycles. The summed E-state index contributed by atoms with van der Waals surface area (Å²) in [4.78, 5) is 27.7. The van der Waals surface area contributed by atoms with E-state index in [1.165, 1.54) is 21.9 Å². The third-order valence-electron chi connectivity index (χ3n) is 3.18. The maximum atomic E-state index is 12.3. The highest BCUT2D eigenvalue weighted by Crippen LogP contribution is 2.24. The van der Waals surface area contributed by atoms with Crippen molar-refractivity contribution in [1.29, 1.82) is 0 Å². The Morgan fingerprint density at radius 2 is 2.26 bits per heavy atom. The molecule has 0 bridgehead atoms. The molecule has 0 saturated carbocycles.